The standard InChI is InChI=1S/C15H14N2O2S/c18-13-8-16-15(19)14(12-4-2-1-3-5-12)17(13)9-11-6-7-20-10-11/h1-7,10,14H,8-9H2,(H,16,19). The molecule has 1 saturated heterocycles. The van der Waals surface area contributed by atoms with E-state index >= 15 is 0 Å². The monoisotopic (exact) mass is 286 g/mol. The van der Waals surface area contributed by atoms with Gasteiger partial charge in [0.1, 0.15) is 6.04 Å². The van der Waals surface area contributed by atoms with E-state index in [1.54, 1.807) is 16.2 Å². The molecule has 0 aliphatic carbocycles. The number of hydrogen-bond donors (Lipinski definition) is 1. The summed E-state index contributed by atoms with van der Waals surface area (Å²) in [6.07, 6.45) is 0. The molecule has 1 aliphatic heterocycles. The maximum atomic E-state index is 12.2. The number of amides is 2. The molecule has 0 bridgehead atoms. The first-order chi connectivity index (χ1) is 9.75. The molecule has 5 heteroatoms. The van der Waals surface area contributed by atoms with Crippen molar-refractivity contribution in [3.05, 3.63) is 58.3 Å². The van der Waals surface area contributed by atoms with E-state index < -0.39 is 6.04 Å². The molecule has 1 unspecified atom stereocenters. The third-order valence-corrected chi connectivity index (χ3v) is 4.07. The molecule has 1 aromatic carbocycles. The normalized spacial score (nSPS) is 19.0. The summed E-state index contributed by atoms with van der Waals surface area (Å²) in [5.41, 5.74) is 1.90. The Morgan fingerprint density at radius 3 is 2.70 bits per heavy atom. The van der Waals surface area contributed by atoms with E-state index in [0.29, 0.717) is 6.54 Å². The van der Waals surface area contributed by atoms with Gasteiger partial charge in [0.25, 0.3) is 0 Å². The summed E-state index contributed by atoms with van der Waals surface area (Å²) in [6, 6.07) is 10.8. The molecule has 0 spiro atoms. The molecule has 1 atom stereocenters. The maximum Gasteiger partial charge on any atom is 0.247 e. The van der Waals surface area contributed by atoms with Crippen LogP contribution in [0.25, 0.3) is 0 Å². The smallest absolute Gasteiger partial charge is 0.247 e. The third-order valence-electron chi connectivity index (χ3n) is 3.34. The van der Waals surface area contributed by atoms with Crippen molar-refractivity contribution >= 4 is 23.2 Å². The van der Waals surface area contributed by atoms with Crippen molar-refractivity contribution in [3.8, 4) is 0 Å². The number of nitrogens with zero attached hydrogens (tertiary/aromatic N) is 1. The van der Waals surface area contributed by atoms with Gasteiger partial charge in [-0.1, -0.05) is 30.3 Å². The Morgan fingerprint density at radius 1 is 1.20 bits per heavy atom. The molecule has 102 valence electrons. The number of piperazine rings is 1. The van der Waals surface area contributed by atoms with Crippen molar-refractivity contribution in [1.82, 2.24) is 10.2 Å². The van der Waals surface area contributed by atoms with E-state index in [1.807, 2.05) is 47.2 Å². The Bertz CT molecular complexity index is 610. The lowest BCUT2D eigenvalue weighted by atomic mass is 10.0. The van der Waals surface area contributed by atoms with Crippen molar-refractivity contribution in [1.29, 1.82) is 0 Å². The van der Waals surface area contributed by atoms with Gasteiger partial charge in [0.15, 0.2) is 0 Å². The number of hydrogen-bond acceptors (Lipinski definition) is 3. The van der Waals surface area contributed by atoms with Gasteiger partial charge in [-0.3, -0.25) is 9.59 Å². The number of carbonyl (C=O) groups is 2. The first-order valence-electron chi connectivity index (χ1n) is 6.39. The maximum absolute atomic E-state index is 12.2. The second-order valence-corrected chi connectivity index (χ2v) is 5.46. The SMILES string of the molecule is O=C1NCC(=O)N(Cc2ccsc2)C1c1ccccc1. The lowest BCUT2D eigenvalue weighted by Gasteiger charge is -2.35. The third kappa shape index (κ3) is 2.44. The van der Waals surface area contributed by atoms with Crippen LogP contribution in [-0.4, -0.2) is 23.3 Å². The summed E-state index contributed by atoms with van der Waals surface area (Å²) in [5.74, 6) is -0.171. The molecule has 2 heterocycles. The molecule has 1 aromatic heterocycles. The topological polar surface area (TPSA) is 49.4 Å². The molecule has 2 amide bonds. The first kappa shape index (κ1) is 12.9. The Morgan fingerprint density at radius 2 is 2.00 bits per heavy atom. The quantitative estimate of drug-likeness (QED) is 0.937. The highest BCUT2D eigenvalue weighted by molar-refractivity contribution is 7.07. The Kier molecular flexibility index (Phi) is 3.52. The van der Waals surface area contributed by atoms with E-state index in [0.717, 1.165) is 11.1 Å². The molecule has 1 aliphatic rings. The second-order valence-electron chi connectivity index (χ2n) is 4.68. The molecular formula is C15H14N2O2S. The molecule has 1 N–H and O–H groups in total. The summed E-state index contributed by atoms with van der Waals surface area (Å²) >= 11 is 1.59. The minimum Gasteiger partial charge on any atom is -0.345 e. The molecule has 1 fully saturated rings. The number of carbonyl (C=O) groups excluding carboxylic acids is 2. The zero-order chi connectivity index (χ0) is 13.9. The van der Waals surface area contributed by atoms with Gasteiger partial charge in [-0.05, 0) is 28.0 Å². The van der Waals surface area contributed by atoms with Gasteiger partial charge < -0.3 is 10.2 Å². The molecule has 2 aromatic rings. The predicted molar refractivity (Wildman–Crippen MR) is 77.1 cm³/mol. The van der Waals surface area contributed by atoms with Crippen molar-refractivity contribution in [2.24, 2.45) is 0 Å². The summed E-state index contributed by atoms with van der Waals surface area (Å²) < 4.78 is 0. The van der Waals surface area contributed by atoms with Crippen LogP contribution in [0.1, 0.15) is 17.2 Å². The van der Waals surface area contributed by atoms with Crippen molar-refractivity contribution in [2.45, 2.75) is 12.6 Å². The van der Waals surface area contributed by atoms with Gasteiger partial charge in [-0.15, -0.1) is 0 Å². The Labute approximate surface area is 121 Å². The van der Waals surface area contributed by atoms with Gasteiger partial charge in [0.2, 0.25) is 11.8 Å². The molecule has 0 saturated carbocycles. The fourth-order valence-corrected chi connectivity index (χ4v) is 3.03. The van der Waals surface area contributed by atoms with Crippen LogP contribution in [0.4, 0.5) is 0 Å². The highest BCUT2D eigenvalue weighted by Gasteiger charge is 2.35. The van der Waals surface area contributed by atoms with E-state index in [1.165, 1.54) is 0 Å². The highest BCUT2D eigenvalue weighted by atomic mass is 32.1. The van der Waals surface area contributed by atoms with Crippen LogP contribution >= 0.6 is 11.3 Å². The van der Waals surface area contributed by atoms with Gasteiger partial charge in [-0.25, -0.2) is 0 Å². The predicted octanol–water partition coefficient (Wildman–Crippen LogP) is 1.95. The van der Waals surface area contributed by atoms with Crippen LogP contribution in [0.2, 0.25) is 0 Å². The largest absolute Gasteiger partial charge is 0.345 e. The van der Waals surface area contributed by atoms with Crippen molar-refractivity contribution < 1.29 is 9.59 Å². The Balaban J connectivity index is 1.93. The van der Waals surface area contributed by atoms with Crippen LogP contribution in [0.15, 0.2) is 47.2 Å². The van der Waals surface area contributed by atoms with Gasteiger partial charge in [0.05, 0.1) is 6.54 Å². The van der Waals surface area contributed by atoms with Crippen LogP contribution in [0.3, 0.4) is 0 Å². The molecular weight excluding hydrogens is 272 g/mol. The zero-order valence-electron chi connectivity index (χ0n) is 10.8. The summed E-state index contributed by atoms with van der Waals surface area (Å²) in [7, 11) is 0. The first-order valence-corrected chi connectivity index (χ1v) is 7.33. The zero-order valence-corrected chi connectivity index (χ0v) is 11.6. The second kappa shape index (κ2) is 5.46. The van der Waals surface area contributed by atoms with Gasteiger partial charge in [-0.2, -0.15) is 11.3 Å². The van der Waals surface area contributed by atoms with E-state index in [2.05, 4.69) is 5.32 Å². The van der Waals surface area contributed by atoms with Crippen LogP contribution < -0.4 is 5.32 Å². The van der Waals surface area contributed by atoms with Crippen molar-refractivity contribution in [2.75, 3.05) is 6.54 Å². The summed E-state index contributed by atoms with van der Waals surface area (Å²) in [5, 5.41) is 6.64. The molecule has 3 rings (SSSR count). The minimum atomic E-state index is -0.544. The Hall–Kier alpha value is -2.14. The highest BCUT2D eigenvalue weighted by Crippen LogP contribution is 2.26. The van der Waals surface area contributed by atoms with E-state index in [4.69, 9.17) is 0 Å². The number of thiophene rings is 1. The number of rotatable bonds is 3. The fraction of sp³-hybridized carbons (Fsp3) is 0.200. The average Bonchev–Trinajstić information content (AvgIpc) is 2.97. The van der Waals surface area contributed by atoms with E-state index in [9.17, 15) is 9.59 Å². The van der Waals surface area contributed by atoms with Crippen LogP contribution in [-0.2, 0) is 16.1 Å². The lowest BCUT2D eigenvalue weighted by Crippen LogP contribution is -2.53. The summed E-state index contributed by atoms with van der Waals surface area (Å²) in [6.45, 7) is 0.543. The van der Waals surface area contributed by atoms with Crippen LogP contribution in [0, 0.1) is 0 Å². The minimum absolute atomic E-state index is 0.0512. The lowest BCUT2D eigenvalue weighted by molar-refractivity contribution is -0.146. The summed E-state index contributed by atoms with van der Waals surface area (Å²) in [4.78, 5) is 26.0. The van der Waals surface area contributed by atoms with E-state index in [-0.39, 0.29) is 18.4 Å². The number of benzene rings is 1. The molecule has 0 radical (unpaired) electrons. The van der Waals surface area contributed by atoms with Gasteiger partial charge in [0, 0.05) is 6.54 Å². The number of nitrogens with one attached hydrogen (secondary N) is 1. The average molecular weight is 286 g/mol. The fourth-order valence-electron chi connectivity index (χ4n) is 2.37. The van der Waals surface area contributed by atoms with Gasteiger partial charge >= 0.3 is 0 Å². The van der Waals surface area contributed by atoms with Crippen LogP contribution in [0.5, 0.6) is 0 Å². The molecule has 4 nitrogen and oxygen atoms in total. The molecule has 20 heavy (non-hydrogen) atoms. The van der Waals surface area contributed by atoms with Crippen molar-refractivity contribution in [3.63, 3.8) is 0 Å².